The van der Waals surface area contributed by atoms with Crippen molar-refractivity contribution in [3.63, 3.8) is 0 Å². The van der Waals surface area contributed by atoms with E-state index in [9.17, 15) is 24.5 Å². The second kappa shape index (κ2) is 7.11. The van der Waals surface area contributed by atoms with Gasteiger partial charge in [0.2, 0.25) is 0 Å². The molecule has 1 atom stereocenters. The number of hydrogen-bond acceptors (Lipinski definition) is 4. The molecule has 5 nitrogen and oxygen atoms in total. The number of rotatable bonds is 3. The molecule has 0 aromatic heterocycles. The third-order valence-corrected chi connectivity index (χ3v) is 4.68. The maximum atomic E-state index is 13.0. The number of amides is 1. The summed E-state index contributed by atoms with van der Waals surface area (Å²) in [5.41, 5.74) is 1.12. The quantitative estimate of drug-likeness (QED) is 0.799. The minimum absolute atomic E-state index is 0.0104. The first-order valence-electron chi connectivity index (χ1n) is 8.20. The molecule has 0 aliphatic carbocycles. The monoisotopic (exact) mass is 345 g/mol. The summed E-state index contributed by atoms with van der Waals surface area (Å²) in [5, 5.41) is 29.5. The van der Waals surface area contributed by atoms with Gasteiger partial charge in [-0.05, 0) is 48.1 Å². The zero-order chi connectivity index (χ0) is 18.0. The van der Waals surface area contributed by atoms with Gasteiger partial charge in [-0.25, -0.2) is 4.39 Å². The lowest BCUT2D eigenvalue weighted by atomic mass is 9.88. The molecule has 1 aliphatic heterocycles. The number of aliphatic hydroxyl groups is 1. The van der Waals surface area contributed by atoms with Gasteiger partial charge in [-0.3, -0.25) is 4.79 Å². The molecular formula is C19H20FNO4. The molecule has 1 aliphatic rings. The highest BCUT2D eigenvalue weighted by atomic mass is 19.1. The minimum Gasteiger partial charge on any atom is -0.508 e. The van der Waals surface area contributed by atoms with Crippen molar-refractivity contribution in [1.82, 2.24) is 4.90 Å². The predicted octanol–water partition coefficient (Wildman–Crippen LogP) is 2.68. The summed E-state index contributed by atoms with van der Waals surface area (Å²) in [5.74, 6) is -0.669. The predicted molar refractivity (Wildman–Crippen MR) is 89.7 cm³/mol. The molecular weight excluding hydrogens is 325 g/mol. The topological polar surface area (TPSA) is 81.0 Å². The molecule has 0 saturated carbocycles. The number of halogens is 1. The Hall–Kier alpha value is -2.60. The van der Waals surface area contributed by atoms with Crippen LogP contribution in [0.4, 0.5) is 4.39 Å². The smallest absolute Gasteiger partial charge is 0.256 e. The van der Waals surface area contributed by atoms with Crippen molar-refractivity contribution in [2.24, 2.45) is 0 Å². The molecule has 132 valence electrons. The normalized spacial score (nSPS) is 16.6. The molecule has 1 fully saturated rings. The van der Waals surface area contributed by atoms with E-state index >= 15 is 0 Å². The molecule has 2 aromatic carbocycles. The summed E-state index contributed by atoms with van der Waals surface area (Å²) in [7, 11) is 0. The number of carbonyl (C=O) groups excluding carboxylic acids is 1. The molecule has 2 aromatic rings. The Balaban J connectivity index is 1.63. The summed E-state index contributed by atoms with van der Waals surface area (Å²) < 4.78 is 13.0. The van der Waals surface area contributed by atoms with Crippen molar-refractivity contribution >= 4 is 5.91 Å². The molecule has 25 heavy (non-hydrogen) atoms. The summed E-state index contributed by atoms with van der Waals surface area (Å²) in [6.45, 7) is 0.921. The maximum Gasteiger partial charge on any atom is 0.256 e. The third kappa shape index (κ3) is 3.74. The summed E-state index contributed by atoms with van der Waals surface area (Å²) in [6.07, 6.45) is -0.000295. The first-order chi connectivity index (χ1) is 12.0. The van der Waals surface area contributed by atoms with E-state index in [2.05, 4.69) is 0 Å². The van der Waals surface area contributed by atoms with Gasteiger partial charge in [0.25, 0.3) is 5.91 Å². The molecule has 6 heteroatoms. The Bertz CT molecular complexity index is 755. The van der Waals surface area contributed by atoms with E-state index in [1.54, 1.807) is 11.0 Å². The number of nitrogens with zero attached hydrogens (tertiary/aromatic N) is 1. The fourth-order valence-corrected chi connectivity index (χ4v) is 3.25. The summed E-state index contributed by atoms with van der Waals surface area (Å²) in [6, 6.07) is 9.77. The highest BCUT2D eigenvalue weighted by molar-refractivity contribution is 5.82. The highest BCUT2D eigenvalue weighted by Gasteiger charge is 2.29. The van der Waals surface area contributed by atoms with Crippen LogP contribution in [0.1, 0.15) is 36.0 Å². The lowest BCUT2D eigenvalue weighted by Crippen LogP contribution is -2.40. The van der Waals surface area contributed by atoms with Gasteiger partial charge in [0.1, 0.15) is 17.3 Å². The largest absolute Gasteiger partial charge is 0.508 e. The zero-order valence-electron chi connectivity index (χ0n) is 13.6. The summed E-state index contributed by atoms with van der Waals surface area (Å²) >= 11 is 0. The fraction of sp³-hybridized carbons (Fsp3) is 0.316. The van der Waals surface area contributed by atoms with Crippen molar-refractivity contribution in [3.8, 4) is 11.5 Å². The van der Waals surface area contributed by atoms with E-state index in [1.165, 1.54) is 36.4 Å². The molecule has 3 N–H and O–H groups in total. The number of aliphatic hydroxyl groups excluding tert-OH is 1. The van der Waals surface area contributed by atoms with E-state index in [1.807, 2.05) is 0 Å². The van der Waals surface area contributed by atoms with E-state index in [0.717, 1.165) is 5.56 Å². The van der Waals surface area contributed by atoms with Crippen molar-refractivity contribution in [2.45, 2.75) is 24.9 Å². The van der Waals surface area contributed by atoms with Crippen molar-refractivity contribution in [3.05, 3.63) is 59.4 Å². The Morgan fingerprint density at radius 1 is 1.08 bits per heavy atom. The van der Waals surface area contributed by atoms with Crippen LogP contribution >= 0.6 is 0 Å². The molecule has 0 radical (unpaired) electrons. The second-order valence-corrected chi connectivity index (χ2v) is 6.30. The van der Waals surface area contributed by atoms with Crippen LogP contribution in [0.15, 0.2) is 42.5 Å². The molecule has 1 unspecified atom stereocenters. The van der Waals surface area contributed by atoms with E-state index < -0.39 is 17.8 Å². The van der Waals surface area contributed by atoms with Crippen LogP contribution < -0.4 is 0 Å². The van der Waals surface area contributed by atoms with Gasteiger partial charge in [-0.2, -0.15) is 0 Å². The van der Waals surface area contributed by atoms with Crippen LogP contribution in [0.2, 0.25) is 0 Å². The van der Waals surface area contributed by atoms with E-state index in [0.29, 0.717) is 31.5 Å². The van der Waals surface area contributed by atoms with Gasteiger partial charge in [-0.15, -0.1) is 0 Å². The van der Waals surface area contributed by atoms with Crippen molar-refractivity contribution < 1.29 is 24.5 Å². The third-order valence-electron chi connectivity index (χ3n) is 4.68. The Kier molecular flexibility index (Phi) is 4.90. The van der Waals surface area contributed by atoms with E-state index in [4.69, 9.17) is 0 Å². The number of hydrogen-bond donors (Lipinski definition) is 3. The number of carbonyl (C=O) groups is 1. The Morgan fingerprint density at radius 3 is 2.32 bits per heavy atom. The van der Waals surface area contributed by atoms with Crippen LogP contribution in [0.5, 0.6) is 11.5 Å². The molecule has 1 heterocycles. The lowest BCUT2D eigenvalue weighted by molar-refractivity contribution is -0.141. The molecule has 3 rings (SSSR count). The van der Waals surface area contributed by atoms with Crippen molar-refractivity contribution in [2.75, 3.05) is 13.1 Å². The first kappa shape index (κ1) is 17.2. The van der Waals surface area contributed by atoms with Crippen LogP contribution in [0, 0.1) is 5.82 Å². The number of piperidine rings is 1. The van der Waals surface area contributed by atoms with Gasteiger partial charge >= 0.3 is 0 Å². The summed E-state index contributed by atoms with van der Waals surface area (Å²) in [4.78, 5) is 14.0. The zero-order valence-corrected chi connectivity index (χ0v) is 13.6. The average Bonchev–Trinajstić information content (AvgIpc) is 2.61. The Labute approximate surface area is 145 Å². The number of likely N-dealkylation sites (tertiary alicyclic amines) is 1. The fourth-order valence-electron chi connectivity index (χ4n) is 3.25. The van der Waals surface area contributed by atoms with Crippen molar-refractivity contribution in [1.29, 1.82) is 0 Å². The standard InChI is InChI=1S/C19H20FNO4/c20-14-3-1-13(2-4-14)18(24)19(25)21-9-7-12(8-10-21)16-6-5-15(22)11-17(16)23/h1-6,11-12,18,22-24H,7-10H2. The number of phenolic OH excluding ortho intramolecular Hbond substituents is 2. The Morgan fingerprint density at radius 2 is 1.72 bits per heavy atom. The number of benzene rings is 2. The average molecular weight is 345 g/mol. The molecule has 1 saturated heterocycles. The maximum absolute atomic E-state index is 13.0. The van der Waals surface area contributed by atoms with Gasteiger partial charge in [0.15, 0.2) is 6.10 Å². The van der Waals surface area contributed by atoms with Crippen LogP contribution in [-0.4, -0.2) is 39.2 Å². The first-order valence-corrected chi connectivity index (χ1v) is 8.20. The van der Waals surface area contributed by atoms with Crippen LogP contribution in [-0.2, 0) is 4.79 Å². The van der Waals surface area contributed by atoms with Gasteiger partial charge < -0.3 is 20.2 Å². The SMILES string of the molecule is O=C(C(O)c1ccc(F)cc1)N1CCC(c2ccc(O)cc2O)CC1. The lowest BCUT2D eigenvalue weighted by Gasteiger charge is -2.33. The molecule has 1 amide bonds. The molecule has 0 spiro atoms. The van der Waals surface area contributed by atoms with Gasteiger partial charge in [0, 0.05) is 19.2 Å². The second-order valence-electron chi connectivity index (χ2n) is 6.30. The van der Waals surface area contributed by atoms with E-state index in [-0.39, 0.29) is 17.4 Å². The molecule has 0 bridgehead atoms. The number of phenols is 2. The number of aromatic hydroxyl groups is 2. The van der Waals surface area contributed by atoms with Gasteiger partial charge in [0.05, 0.1) is 0 Å². The highest BCUT2D eigenvalue weighted by Crippen LogP contribution is 2.36. The van der Waals surface area contributed by atoms with Crippen LogP contribution in [0.3, 0.4) is 0 Å². The van der Waals surface area contributed by atoms with Crippen LogP contribution in [0.25, 0.3) is 0 Å². The minimum atomic E-state index is -1.31. The van der Waals surface area contributed by atoms with Gasteiger partial charge in [-0.1, -0.05) is 18.2 Å².